The summed E-state index contributed by atoms with van der Waals surface area (Å²) < 4.78 is 33.2. The monoisotopic (exact) mass is 602 g/mol. The average Bonchev–Trinajstić information content (AvgIpc) is 2.93. The largest absolute Gasteiger partial charge is 0.379 e. The molecule has 0 saturated carbocycles. The number of morpholine rings is 1. The van der Waals surface area contributed by atoms with Crippen molar-refractivity contribution < 1.29 is 17.9 Å². The quantitative estimate of drug-likeness (QED) is 0.345. The molecule has 10 nitrogen and oxygen atoms in total. The summed E-state index contributed by atoms with van der Waals surface area (Å²) in [6.07, 6.45) is 0. The van der Waals surface area contributed by atoms with Crippen LogP contribution in [0.15, 0.2) is 81.2 Å². The van der Waals surface area contributed by atoms with Gasteiger partial charge in [-0.05, 0) is 60.2 Å². The molecule has 1 aliphatic rings. The molecule has 208 valence electrons. The van der Waals surface area contributed by atoms with E-state index in [0.717, 1.165) is 29.8 Å². The molecule has 1 aromatic heterocycles. The van der Waals surface area contributed by atoms with Crippen LogP contribution in [0, 0.1) is 0 Å². The molecule has 0 aliphatic carbocycles. The van der Waals surface area contributed by atoms with E-state index in [4.69, 9.17) is 27.9 Å². The minimum atomic E-state index is -4.62. The molecule has 1 aliphatic heterocycles. The Balaban J connectivity index is 1.46. The first-order chi connectivity index (χ1) is 19.1. The van der Waals surface area contributed by atoms with Crippen molar-refractivity contribution in [2.75, 3.05) is 31.6 Å². The van der Waals surface area contributed by atoms with Crippen LogP contribution in [0.5, 0.6) is 0 Å². The van der Waals surface area contributed by atoms with Gasteiger partial charge in [0.05, 0.1) is 29.0 Å². The first kappa shape index (κ1) is 28.1. The highest BCUT2D eigenvalue weighted by molar-refractivity contribution is 7.90. The number of hydrogen-bond donors (Lipinski definition) is 1. The molecule has 0 spiro atoms. The normalized spacial score (nSPS) is 14.3. The Labute approximate surface area is 239 Å². The van der Waals surface area contributed by atoms with Crippen molar-refractivity contribution in [3.63, 3.8) is 0 Å². The maximum atomic E-state index is 13.5. The minimum Gasteiger partial charge on any atom is -0.379 e. The number of carbonyl (C=O) groups is 1. The van der Waals surface area contributed by atoms with Gasteiger partial charge in [-0.25, -0.2) is 13.2 Å². The predicted octanol–water partition coefficient (Wildman–Crippen LogP) is 3.18. The number of anilines is 1. The Morgan fingerprint density at radius 3 is 2.23 bits per heavy atom. The van der Waals surface area contributed by atoms with Crippen molar-refractivity contribution in [2.24, 2.45) is 0 Å². The van der Waals surface area contributed by atoms with Gasteiger partial charge in [0.25, 0.3) is 15.6 Å². The van der Waals surface area contributed by atoms with Crippen LogP contribution in [0.4, 0.5) is 5.69 Å². The summed E-state index contributed by atoms with van der Waals surface area (Å²) in [6, 6.07) is 16.4. The van der Waals surface area contributed by atoms with E-state index in [1.54, 1.807) is 12.1 Å². The molecule has 1 fully saturated rings. The molecule has 0 bridgehead atoms. The van der Waals surface area contributed by atoms with Gasteiger partial charge < -0.3 is 10.1 Å². The molecular weight excluding hydrogens is 579 g/mol. The van der Waals surface area contributed by atoms with Crippen molar-refractivity contribution in [3.05, 3.63) is 103 Å². The zero-order chi connectivity index (χ0) is 28.4. The molecule has 13 heteroatoms. The third-order valence-electron chi connectivity index (χ3n) is 6.47. The van der Waals surface area contributed by atoms with Gasteiger partial charge in [0.2, 0.25) is 5.91 Å². The average molecular weight is 603 g/mol. The van der Waals surface area contributed by atoms with Crippen molar-refractivity contribution in [1.82, 2.24) is 13.4 Å². The van der Waals surface area contributed by atoms with Crippen LogP contribution >= 0.6 is 23.2 Å². The standard InChI is InChI=1S/C27H24Cl2N4O6S/c28-19-3-8-22(9-4-19)40(37,38)33-26(35)23-10-5-20(29)15-24(23)32(27(33)36)17-25(34)30-21-6-1-18(2-7-21)16-31-11-13-39-14-12-31/h1-10,15H,11-14,16-17H2,(H,30,34). The highest BCUT2D eigenvalue weighted by atomic mass is 35.5. The highest BCUT2D eigenvalue weighted by Crippen LogP contribution is 2.19. The molecule has 1 amide bonds. The molecule has 3 aromatic carbocycles. The van der Waals surface area contributed by atoms with Crippen LogP contribution in [0.25, 0.3) is 10.9 Å². The maximum absolute atomic E-state index is 13.5. The third kappa shape index (κ3) is 5.84. The summed E-state index contributed by atoms with van der Waals surface area (Å²) in [7, 11) is -4.62. The number of aromatic nitrogens is 2. The van der Waals surface area contributed by atoms with Crippen LogP contribution in [0.2, 0.25) is 10.0 Å². The molecule has 0 unspecified atom stereocenters. The van der Waals surface area contributed by atoms with Gasteiger partial charge in [-0.1, -0.05) is 35.3 Å². The first-order valence-electron chi connectivity index (χ1n) is 12.3. The third-order valence-corrected chi connectivity index (χ3v) is 8.63. The van der Waals surface area contributed by atoms with Crippen LogP contribution in [-0.2, 0) is 32.6 Å². The number of halogens is 2. The Morgan fingerprint density at radius 2 is 1.55 bits per heavy atom. The molecule has 1 saturated heterocycles. The van der Waals surface area contributed by atoms with Crippen LogP contribution in [0.1, 0.15) is 5.56 Å². The number of amides is 1. The van der Waals surface area contributed by atoms with Crippen molar-refractivity contribution in [2.45, 2.75) is 18.0 Å². The number of nitrogens with one attached hydrogen (secondary N) is 1. The minimum absolute atomic E-state index is 0.0288. The number of ether oxygens (including phenoxy) is 1. The number of nitrogens with zero attached hydrogens (tertiary/aromatic N) is 3. The SMILES string of the molecule is O=C(Cn1c(=O)n(S(=O)(=O)c2ccc(Cl)cc2)c(=O)c2ccc(Cl)cc21)Nc1ccc(CN2CCOCC2)cc1. The van der Waals surface area contributed by atoms with Gasteiger partial charge in [0.1, 0.15) is 6.54 Å². The summed E-state index contributed by atoms with van der Waals surface area (Å²) >= 11 is 12.0. The van der Waals surface area contributed by atoms with E-state index in [9.17, 15) is 22.8 Å². The van der Waals surface area contributed by atoms with E-state index in [-0.39, 0.29) is 29.8 Å². The Morgan fingerprint density at radius 1 is 0.900 bits per heavy atom. The van der Waals surface area contributed by atoms with Crippen LogP contribution in [-0.4, -0.2) is 54.1 Å². The molecule has 40 heavy (non-hydrogen) atoms. The molecule has 1 N–H and O–H groups in total. The van der Waals surface area contributed by atoms with E-state index in [2.05, 4.69) is 10.2 Å². The van der Waals surface area contributed by atoms with Gasteiger partial charge in [0, 0.05) is 35.4 Å². The Bertz CT molecular complexity index is 1800. The zero-order valence-electron chi connectivity index (χ0n) is 21.0. The lowest BCUT2D eigenvalue weighted by molar-refractivity contribution is -0.116. The maximum Gasteiger partial charge on any atom is 0.346 e. The van der Waals surface area contributed by atoms with E-state index < -0.39 is 33.7 Å². The van der Waals surface area contributed by atoms with Gasteiger partial charge in [-0.2, -0.15) is 0 Å². The molecule has 2 heterocycles. The van der Waals surface area contributed by atoms with Crippen LogP contribution < -0.4 is 16.6 Å². The summed E-state index contributed by atoms with van der Waals surface area (Å²) in [5, 5.41) is 3.11. The molecular formula is C27H24Cl2N4O6S. The molecule has 0 radical (unpaired) electrons. The second kappa shape index (κ2) is 11.6. The molecule has 4 aromatic rings. The summed E-state index contributed by atoms with van der Waals surface area (Å²) in [4.78, 5) is 41.8. The van der Waals surface area contributed by atoms with Crippen LogP contribution in [0.3, 0.4) is 0 Å². The predicted molar refractivity (Wildman–Crippen MR) is 153 cm³/mol. The molecule has 0 atom stereocenters. The smallest absolute Gasteiger partial charge is 0.346 e. The lowest BCUT2D eigenvalue weighted by Gasteiger charge is -2.26. The fourth-order valence-electron chi connectivity index (χ4n) is 4.45. The number of benzene rings is 3. The summed E-state index contributed by atoms with van der Waals surface area (Å²) in [5.41, 5.74) is -0.671. The van der Waals surface area contributed by atoms with Crippen molar-refractivity contribution >= 4 is 55.7 Å². The van der Waals surface area contributed by atoms with Gasteiger partial charge >= 0.3 is 5.69 Å². The first-order valence-corrected chi connectivity index (χ1v) is 14.5. The lowest BCUT2D eigenvalue weighted by atomic mass is 10.2. The van der Waals surface area contributed by atoms with Crippen molar-refractivity contribution in [3.8, 4) is 0 Å². The Hall–Kier alpha value is -3.48. The lowest BCUT2D eigenvalue weighted by Crippen LogP contribution is -2.45. The second-order valence-corrected chi connectivity index (χ2v) is 11.9. The van der Waals surface area contributed by atoms with E-state index in [1.165, 1.54) is 42.5 Å². The van der Waals surface area contributed by atoms with E-state index in [0.29, 0.717) is 18.9 Å². The summed E-state index contributed by atoms with van der Waals surface area (Å²) in [6.45, 7) is 3.27. The topological polar surface area (TPSA) is 120 Å². The van der Waals surface area contributed by atoms with Crippen molar-refractivity contribution in [1.29, 1.82) is 0 Å². The van der Waals surface area contributed by atoms with Gasteiger partial charge in [-0.15, -0.1) is 3.97 Å². The van der Waals surface area contributed by atoms with Gasteiger partial charge in [0.15, 0.2) is 0 Å². The zero-order valence-corrected chi connectivity index (χ0v) is 23.4. The molecule has 5 rings (SSSR count). The Kier molecular flexibility index (Phi) is 8.11. The van der Waals surface area contributed by atoms with Gasteiger partial charge in [-0.3, -0.25) is 19.1 Å². The fraction of sp³-hybridized carbons (Fsp3) is 0.222. The number of carbonyl (C=O) groups excluding carboxylic acids is 1. The second-order valence-electron chi connectivity index (χ2n) is 9.19. The number of fused-ring (bicyclic) bond motifs is 1. The van der Waals surface area contributed by atoms with E-state index >= 15 is 0 Å². The fourth-order valence-corrected chi connectivity index (χ4v) is 6.05. The van der Waals surface area contributed by atoms with E-state index in [1.807, 2.05) is 12.1 Å². The highest BCUT2D eigenvalue weighted by Gasteiger charge is 2.26. The number of hydrogen-bond acceptors (Lipinski definition) is 7. The number of rotatable bonds is 7. The summed E-state index contributed by atoms with van der Waals surface area (Å²) in [5.74, 6) is -0.599.